The van der Waals surface area contributed by atoms with Crippen molar-refractivity contribution in [1.82, 2.24) is 45.6 Å². The first kappa shape index (κ1) is 56.1. The molecule has 73 heavy (non-hydrogen) atoms. The zero-order valence-corrected chi connectivity index (χ0v) is 44.1. The second kappa shape index (κ2) is 27.2. The predicted molar refractivity (Wildman–Crippen MR) is 278 cm³/mol. The number of carbonyl (C=O) groups is 2. The molecule has 3 fully saturated rings. The SMILES string of the molecule is CN1CCCN([C@H]2Cc3c(C#N)cc(Cl)cc3[C@@H]2Oc2ccc(S(=O)(=O)N[C@H]3CCN(CCOCCNC(=O)NCCCCNC(=O)NCCOCCN4CC[C@@H](c5ccccc5S(N)(=O)=O)C4)C3)cc2)CC1. The summed E-state index contributed by atoms with van der Waals surface area (Å²) in [7, 11) is -5.45. The lowest BCUT2D eigenvalue weighted by Crippen LogP contribution is -2.42. The lowest BCUT2D eigenvalue weighted by molar-refractivity contribution is 0.0805. The zero-order chi connectivity index (χ0) is 51.8. The number of hydrogen-bond acceptors (Lipinski definition) is 14. The summed E-state index contributed by atoms with van der Waals surface area (Å²) in [6, 6.07) is 18.5. The number of fused-ring (bicyclic) bond motifs is 1. The maximum Gasteiger partial charge on any atom is 0.314 e. The molecule has 3 aromatic carbocycles. The normalized spacial score (nSPS) is 21.1. The molecule has 3 aromatic rings. The van der Waals surface area contributed by atoms with Gasteiger partial charge in [-0.2, -0.15) is 5.26 Å². The van der Waals surface area contributed by atoms with Gasteiger partial charge in [0.1, 0.15) is 11.9 Å². The molecule has 3 saturated heterocycles. The number of nitriles is 1. The molecule has 4 atom stereocenters. The molecule has 3 aliphatic heterocycles. The molecule has 4 aliphatic rings. The van der Waals surface area contributed by atoms with Gasteiger partial charge in [-0.05, 0) is 137 Å². The van der Waals surface area contributed by atoms with Crippen LogP contribution in [-0.2, 0) is 35.9 Å². The Labute approximate surface area is 435 Å². The predicted octanol–water partition coefficient (Wildman–Crippen LogP) is 2.80. The number of hydrogen-bond donors (Lipinski definition) is 6. The van der Waals surface area contributed by atoms with Gasteiger partial charge in [0, 0.05) is 76.5 Å². The number of nitrogens with one attached hydrogen (secondary N) is 5. The van der Waals surface area contributed by atoms with E-state index in [1.165, 1.54) is 0 Å². The average molecular weight is 1070 g/mol. The smallest absolute Gasteiger partial charge is 0.314 e. The number of primary sulfonamides is 1. The average Bonchev–Trinajstić information content (AvgIpc) is 4.08. The van der Waals surface area contributed by atoms with Gasteiger partial charge in [0.05, 0.1) is 53.9 Å². The van der Waals surface area contributed by atoms with Crippen LogP contribution < -0.4 is 35.9 Å². The first-order chi connectivity index (χ1) is 35.2. The first-order valence-corrected chi connectivity index (χ1v) is 28.8. The number of carbonyl (C=O) groups excluding carboxylic acids is 2. The van der Waals surface area contributed by atoms with Gasteiger partial charge < -0.3 is 45.3 Å². The van der Waals surface area contributed by atoms with Crippen molar-refractivity contribution in [3.63, 3.8) is 0 Å². The van der Waals surface area contributed by atoms with Crippen molar-refractivity contribution in [1.29, 1.82) is 5.26 Å². The van der Waals surface area contributed by atoms with E-state index in [9.17, 15) is 31.7 Å². The number of nitrogens with zero attached hydrogens (tertiary/aromatic N) is 5. The van der Waals surface area contributed by atoms with E-state index in [0.29, 0.717) is 114 Å². The standard InChI is InChI=1S/C50H72ClN11O9S2/c1-59-19-6-20-62(24-23-59)46-33-44-38(34-52)31-39(51)32-45(44)48(46)71-41-9-11-42(12-10-41)73(67,68)58-40-14-22-61(36-40)26-30-70-28-18-57-50(64)55-16-5-4-15-54-49(63)56-17-27-69-29-25-60-21-13-37(35-60)43-7-2-3-8-47(43)72(53,65)66/h2-3,7-12,31-32,37,40,46,48,58H,4-6,13-30,33,35-36H2,1H3,(H2,53,65,66)(H2,54,56,63)(H2,55,57,64)/t37-,40+,46+,48+/m1/s1. The summed E-state index contributed by atoms with van der Waals surface area (Å²) in [6.07, 6.45) is 4.21. The fraction of sp³-hybridized carbons (Fsp3) is 0.580. The van der Waals surface area contributed by atoms with Crippen LogP contribution in [0.5, 0.6) is 5.75 Å². The van der Waals surface area contributed by atoms with Gasteiger partial charge in [0.2, 0.25) is 20.0 Å². The minimum atomic E-state index is -3.80. The minimum absolute atomic E-state index is 0.00733. The summed E-state index contributed by atoms with van der Waals surface area (Å²) in [4.78, 5) is 33.9. The maximum absolute atomic E-state index is 13.5. The third kappa shape index (κ3) is 16.7. The summed E-state index contributed by atoms with van der Waals surface area (Å²) in [6.45, 7) is 11.2. The fourth-order valence-electron chi connectivity index (χ4n) is 10.1. The fourth-order valence-corrected chi connectivity index (χ4v) is 12.4. The maximum atomic E-state index is 13.5. The molecule has 1 aliphatic carbocycles. The van der Waals surface area contributed by atoms with Crippen LogP contribution >= 0.6 is 11.6 Å². The zero-order valence-electron chi connectivity index (χ0n) is 41.7. The van der Waals surface area contributed by atoms with Crippen molar-refractivity contribution < 1.29 is 40.6 Å². The molecule has 0 spiro atoms. The van der Waals surface area contributed by atoms with Crippen molar-refractivity contribution >= 4 is 43.7 Å². The molecule has 0 unspecified atom stereocenters. The first-order valence-electron chi connectivity index (χ1n) is 25.4. The third-order valence-corrected chi connectivity index (χ3v) is 16.7. The number of ether oxygens (including phenoxy) is 3. The van der Waals surface area contributed by atoms with E-state index < -0.39 is 20.0 Å². The Hall–Kier alpha value is -4.64. The number of likely N-dealkylation sites (tertiary alicyclic amines) is 2. The Morgan fingerprint density at radius 1 is 0.767 bits per heavy atom. The number of rotatable bonds is 25. The molecule has 0 radical (unpaired) electrons. The van der Waals surface area contributed by atoms with Gasteiger partial charge in [-0.25, -0.2) is 36.3 Å². The van der Waals surface area contributed by atoms with Gasteiger partial charge in [0.25, 0.3) is 0 Å². The number of unbranched alkanes of at least 4 members (excludes halogenated alkanes) is 1. The second-order valence-electron chi connectivity index (χ2n) is 19.2. The summed E-state index contributed by atoms with van der Waals surface area (Å²) in [5.74, 6) is 0.631. The number of halogens is 1. The van der Waals surface area contributed by atoms with Gasteiger partial charge >= 0.3 is 12.1 Å². The topological polar surface area (TPSA) is 253 Å². The Morgan fingerprint density at radius 3 is 2.08 bits per heavy atom. The van der Waals surface area contributed by atoms with Crippen molar-refractivity contribution in [2.75, 3.05) is 125 Å². The molecule has 20 nitrogen and oxygen atoms in total. The molecule has 7 rings (SSSR count). The van der Waals surface area contributed by atoms with Crippen LogP contribution in [0, 0.1) is 11.3 Å². The van der Waals surface area contributed by atoms with Crippen LogP contribution in [0.4, 0.5) is 9.59 Å². The monoisotopic (exact) mass is 1070 g/mol. The summed E-state index contributed by atoms with van der Waals surface area (Å²) >= 11 is 6.48. The van der Waals surface area contributed by atoms with Crippen LogP contribution in [0.2, 0.25) is 5.02 Å². The van der Waals surface area contributed by atoms with Crippen molar-refractivity contribution in [3.8, 4) is 11.8 Å². The summed E-state index contributed by atoms with van der Waals surface area (Å²) in [5, 5.41) is 27.0. The molecule has 400 valence electrons. The number of likely N-dealkylation sites (N-methyl/N-ethyl adjacent to an activating group) is 1. The number of nitrogens with two attached hydrogens (primary N) is 1. The quantitative estimate of drug-likeness (QED) is 0.0668. The van der Waals surface area contributed by atoms with Gasteiger partial charge in [-0.3, -0.25) is 9.80 Å². The largest absolute Gasteiger partial charge is 0.484 e. The summed E-state index contributed by atoms with van der Waals surface area (Å²) < 4.78 is 71.9. The molecule has 0 bridgehead atoms. The lowest BCUT2D eigenvalue weighted by atomic mass is 9.98. The van der Waals surface area contributed by atoms with Gasteiger partial charge in [0.15, 0.2) is 0 Å². The molecule has 7 N–H and O–H groups in total. The highest BCUT2D eigenvalue weighted by Gasteiger charge is 2.40. The van der Waals surface area contributed by atoms with Crippen LogP contribution in [0.15, 0.2) is 70.5 Å². The molecule has 4 amide bonds. The molecule has 0 saturated carbocycles. The molecule has 0 aromatic heterocycles. The van der Waals surface area contributed by atoms with Gasteiger partial charge in [-0.15, -0.1) is 0 Å². The Bertz CT molecular complexity index is 2570. The Morgan fingerprint density at radius 2 is 1.41 bits per heavy atom. The number of amides is 4. The van der Waals surface area contributed by atoms with Crippen molar-refractivity contribution in [3.05, 3.63) is 87.9 Å². The van der Waals surface area contributed by atoms with E-state index in [-0.39, 0.29) is 46.0 Å². The van der Waals surface area contributed by atoms with Crippen LogP contribution in [0.3, 0.4) is 0 Å². The molecule has 3 heterocycles. The number of urea groups is 2. The highest BCUT2D eigenvalue weighted by molar-refractivity contribution is 7.89. The number of benzene rings is 3. The van der Waals surface area contributed by atoms with E-state index in [0.717, 1.165) is 75.3 Å². The van der Waals surface area contributed by atoms with Crippen LogP contribution in [0.25, 0.3) is 0 Å². The van der Waals surface area contributed by atoms with E-state index in [1.807, 2.05) is 18.2 Å². The Balaban J connectivity index is 0.691. The second-order valence-corrected chi connectivity index (χ2v) is 22.9. The minimum Gasteiger partial charge on any atom is -0.484 e. The van der Waals surface area contributed by atoms with Crippen molar-refractivity contribution in [2.45, 2.75) is 72.4 Å². The van der Waals surface area contributed by atoms with Crippen LogP contribution in [0.1, 0.15) is 66.4 Å². The molecular formula is C50H72ClN11O9S2. The molecule has 23 heteroatoms. The van der Waals surface area contributed by atoms with Crippen molar-refractivity contribution in [2.24, 2.45) is 5.14 Å². The lowest BCUT2D eigenvalue weighted by Gasteiger charge is -2.32. The van der Waals surface area contributed by atoms with E-state index in [1.54, 1.807) is 42.5 Å². The highest BCUT2D eigenvalue weighted by atomic mass is 35.5. The molecular weight excluding hydrogens is 998 g/mol. The van der Waals surface area contributed by atoms with E-state index in [2.05, 4.69) is 58.7 Å². The van der Waals surface area contributed by atoms with Crippen LogP contribution in [-0.4, -0.2) is 186 Å². The number of sulfonamides is 2. The van der Waals surface area contributed by atoms with Gasteiger partial charge in [-0.1, -0.05) is 29.8 Å². The van der Waals surface area contributed by atoms with E-state index >= 15 is 0 Å². The third-order valence-electron chi connectivity index (χ3n) is 13.9. The van der Waals surface area contributed by atoms with E-state index in [4.69, 9.17) is 31.0 Å². The highest BCUT2D eigenvalue weighted by Crippen LogP contribution is 2.41. The summed E-state index contributed by atoms with van der Waals surface area (Å²) in [5.41, 5.74) is 3.17. The Kier molecular flexibility index (Phi) is 20.9.